The Labute approximate surface area is 721 Å². The Balaban J connectivity index is 5.23. The van der Waals surface area contributed by atoms with Crippen molar-refractivity contribution in [2.45, 2.75) is 554 Å². The zero-order valence-electron chi connectivity index (χ0n) is 77.5. The first-order chi connectivity index (χ1) is 56.9. The number of esters is 4. The van der Waals surface area contributed by atoms with Crippen LogP contribution in [-0.4, -0.2) is 96.7 Å². The van der Waals surface area contributed by atoms with E-state index in [1.165, 1.54) is 353 Å². The summed E-state index contributed by atoms with van der Waals surface area (Å²) in [5.74, 6) is -0.441. The molecule has 0 saturated carbocycles. The number of hydrogen-bond donors (Lipinski definition) is 3. The van der Waals surface area contributed by atoms with E-state index in [0.29, 0.717) is 25.7 Å². The minimum atomic E-state index is -4.97. The predicted molar refractivity (Wildman–Crippen MR) is 488 cm³/mol. The molecule has 0 aromatic heterocycles. The average molecular weight is 1700 g/mol. The second-order valence-corrected chi connectivity index (χ2v) is 38.6. The number of ether oxygens (including phenoxy) is 4. The maximum Gasteiger partial charge on any atom is 0.472 e. The Morgan fingerprint density at radius 1 is 0.239 bits per heavy atom. The van der Waals surface area contributed by atoms with Crippen LogP contribution in [0.15, 0.2) is 0 Å². The molecule has 0 saturated heterocycles. The van der Waals surface area contributed by atoms with Crippen molar-refractivity contribution in [1.29, 1.82) is 0 Å². The van der Waals surface area contributed by atoms with Crippen molar-refractivity contribution in [2.75, 3.05) is 39.6 Å². The van der Waals surface area contributed by atoms with Gasteiger partial charge in [0.1, 0.15) is 19.3 Å². The summed E-state index contributed by atoms with van der Waals surface area (Å²) in [6.45, 7) is 9.81. The van der Waals surface area contributed by atoms with Gasteiger partial charge in [-0.1, -0.05) is 485 Å². The molecule has 0 aliphatic carbocycles. The highest BCUT2D eigenvalue weighted by Gasteiger charge is 2.31. The highest BCUT2D eigenvalue weighted by molar-refractivity contribution is 7.47. The molecule has 696 valence electrons. The molecule has 0 radical (unpaired) electrons. The number of rotatable bonds is 97. The van der Waals surface area contributed by atoms with Crippen LogP contribution in [0.25, 0.3) is 0 Å². The van der Waals surface area contributed by atoms with E-state index in [2.05, 4.69) is 41.5 Å². The number of carbonyl (C=O) groups excluding carboxylic acids is 4. The highest BCUT2D eigenvalue weighted by atomic mass is 31.2. The van der Waals surface area contributed by atoms with Crippen molar-refractivity contribution in [1.82, 2.24) is 0 Å². The third-order valence-corrected chi connectivity index (χ3v) is 25.8. The number of unbranched alkanes of at least 4 members (excludes halogenated alkanes) is 65. The largest absolute Gasteiger partial charge is 0.472 e. The molecule has 0 aromatic carbocycles. The molecule has 0 fully saturated rings. The molecule has 117 heavy (non-hydrogen) atoms. The quantitative estimate of drug-likeness (QED) is 0.0222. The number of carbonyl (C=O) groups is 4. The maximum atomic E-state index is 13.2. The maximum absolute atomic E-state index is 13.2. The van der Waals surface area contributed by atoms with E-state index in [1.54, 1.807) is 0 Å². The first-order valence-electron chi connectivity index (χ1n) is 50.6. The Morgan fingerprint density at radius 2 is 0.410 bits per heavy atom. The van der Waals surface area contributed by atoms with Gasteiger partial charge in [-0.05, 0) is 37.5 Å². The molecule has 17 nitrogen and oxygen atoms in total. The van der Waals surface area contributed by atoms with Crippen LogP contribution in [-0.2, 0) is 65.4 Å². The molecule has 19 heteroatoms. The van der Waals surface area contributed by atoms with Crippen molar-refractivity contribution < 1.29 is 80.2 Å². The lowest BCUT2D eigenvalue weighted by atomic mass is 9.99. The van der Waals surface area contributed by atoms with E-state index in [-0.39, 0.29) is 25.7 Å². The van der Waals surface area contributed by atoms with Crippen LogP contribution in [0, 0.1) is 11.8 Å². The highest BCUT2D eigenvalue weighted by Crippen LogP contribution is 2.45. The number of aliphatic hydroxyl groups is 1. The second kappa shape index (κ2) is 88.9. The summed E-state index contributed by atoms with van der Waals surface area (Å²) in [4.78, 5) is 73.7. The molecule has 0 aliphatic heterocycles. The van der Waals surface area contributed by atoms with Gasteiger partial charge in [0.15, 0.2) is 12.2 Å². The van der Waals surface area contributed by atoms with Gasteiger partial charge in [-0.15, -0.1) is 0 Å². The van der Waals surface area contributed by atoms with Gasteiger partial charge in [-0.2, -0.15) is 0 Å². The van der Waals surface area contributed by atoms with Crippen LogP contribution in [0.1, 0.15) is 536 Å². The molecule has 0 aromatic rings. The summed E-state index contributed by atoms with van der Waals surface area (Å²) in [6.07, 6.45) is 86.4. The topological polar surface area (TPSA) is 237 Å². The summed E-state index contributed by atoms with van der Waals surface area (Å²) in [5, 5.41) is 10.7. The lowest BCUT2D eigenvalue weighted by molar-refractivity contribution is -0.161. The Morgan fingerprint density at radius 3 is 0.607 bits per heavy atom. The van der Waals surface area contributed by atoms with E-state index in [0.717, 1.165) is 102 Å². The summed E-state index contributed by atoms with van der Waals surface area (Å²) in [7, 11) is -9.95. The third kappa shape index (κ3) is 88.7. The van der Waals surface area contributed by atoms with Crippen molar-refractivity contribution in [3.63, 3.8) is 0 Å². The zero-order valence-corrected chi connectivity index (χ0v) is 79.3. The van der Waals surface area contributed by atoms with Crippen LogP contribution in [0.3, 0.4) is 0 Å². The van der Waals surface area contributed by atoms with Crippen molar-refractivity contribution in [2.24, 2.45) is 11.8 Å². The fourth-order valence-corrected chi connectivity index (χ4v) is 17.1. The second-order valence-electron chi connectivity index (χ2n) is 35.7. The van der Waals surface area contributed by atoms with Crippen LogP contribution in [0.4, 0.5) is 0 Å². The van der Waals surface area contributed by atoms with Gasteiger partial charge in [-0.3, -0.25) is 37.3 Å². The summed E-state index contributed by atoms with van der Waals surface area (Å²) in [6, 6.07) is 0. The van der Waals surface area contributed by atoms with Gasteiger partial charge < -0.3 is 33.8 Å². The van der Waals surface area contributed by atoms with Gasteiger partial charge in [0, 0.05) is 25.7 Å². The number of aliphatic hydroxyl groups excluding tert-OH is 1. The minimum Gasteiger partial charge on any atom is -0.462 e. The molecule has 0 bridgehead atoms. The van der Waals surface area contributed by atoms with Crippen LogP contribution >= 0.6 is 15.6 Å². The van der Waals surface area contributed by atoms with E-state index in [1.807, 2.05) is 0 Å². The van der Waals surface area contributed by atoms with Crippen LogP contribution < -0.4 is 0 Å². The van der Waals surface area contributed by atoms with E-state index in [4.69, 9.17) is 37.0 Å². The summed E-state index contributed by atoms with van der Waals surface area (Å²) < 4.78 is 69.3. The molecule has 4 unspecified atom stereocenters. The van der Waals surface area contributed by atoms with Gasteiger partial charge in [0.2, 0.25) is 0 Å². The average Bonchev–Trinajstić information content (AvgIpc) is 0.896. The molecule has 0 heterocycles. The van der Waals surface area contributed by atoms with Crippen LogP contribution in [0.2, 0.25) is 0 Å². The van der Waals surface area contributed by atoms with Gasteiger partial charge in [0.05, 0.1) is 26.4 Å². The SMILES string of the molecule is CCCCCCCCCCCCCCCCCCCCCCCCC(=O)OC[C@H](COP(=O)(O)OC[C@@H](O)COP(=O)(O)OC[C@@H](COC(=O)CCCCCCCCCCC(C)CC)OC(=O)CCCCCCCCCCCCCCCCCCCCCCC)OC(=O)CCCCCCCCCCCCCCCCCCCCC(C)CC. The number of phosphoric acid groups is 2. The van der Waals surface area contributed by atoms with Crippen molar-refractivity contribution in [3.05, 3.63) is 0 Å². The normalized spacial score (nSPS) is 14.1. The monoisotopic (exact) mass is 1700 g/mol. The lowest BCUT2D eigenvalue weighted by Crippen LogP contribution is -2.30. The molecule has 7 atom stereocenters. The van der Waals surface area contributed by atoms with Crippen LogP contribution in [0.5, 0.6) is 0 Å². The fraction of sp³-hybridized carbons (Fsp3) is 0.959. The fourth-order valence-electron chi connectivity index (χ4n) is 15.5. The smallest absolute Gasteiger partial charge is 0.462 e. The number of phosphoric ester groups is 2. The molecule has 3 N–H and O–H groups in total. The first-order valence-corrected chi connectivity index (χ1v) is 53.6. The zero-order chi connectivity index (χ0) is 85.5. The van der Waals surface area contributed by atoms with E-state index < -0.39 is 97.5 Å². The first kappa shape index (κ1) is 115. The Hall–Kier alpha value is -1.94. The van der Waals surface area contributed by atoms with Crippen molar-refractivity contribution in [3.8, 4) is 0 Å². The molecule has 0 aliphatic rings. The van der Waals surface area contributed by atoms with Gasteiger partial charge in [-0.25, -0.2) is 9.13 Å². The third-order valence-electron chi connectivity index (χ3n) is 23.9. The Kier molecular flexibility index (Phi) is 87.4. The minimum absolute atomic E-state index is 0.109. The predicted octanol–water partition coefficient (Wildman–Crippen LogP) is 30.9. The molecular formula is C98H192O17P2. The molecular weight excluding hydrogens is 1510 g/mol. The molecule has 0 rings (SSSR count). The Bertz CT molecular complexity index is 2220. The van der Waals surface area contributed by atoms with Crippen molar-refractivity contribution >= 4 is 39.5 Å². The van der Waals surface area contributed by atoms with E-state index in [9.17, 15) is 43.2 Å². The van der Waals surface area contributed by atoms with E-state index >= 15 is 0 Å². The number of hydrogen-bond acceptors (Lipinski definition) is 15. The van der Waals surface area contributed by atoms with Gasteiger partial charge >= 0.3 is 39.5 Å². The molecule has 0 amide bonds. The standard InChI is InChI=1S/C98H192O17P2/c1-7-11-13-15-17-19-21-23-25-27-29-31-33-34-39-43-47-51-55-62-68-74-80-95(100)108-86-93(114-97(102)82-76-71-65-57-53-49-45-41-37-36-38-42-46-50-54-60-66-72-78-90(5)9-3)88-112-116(104,105)110-84-92(99)85-111-117(106,107)113-89-94(87-109-96(101)81-75-69-63-59-58-61-67-73-79-91(6)10-4)115-98(103)83-77-70-64-56-52-48-44-40-35-32-30-28-26-24-22-20-18-16-14-12-8-2/h90-94,99H,7-89H2,1-6H3,(H,104,105)(H,106,107)/t90?,91?,92-,93-,94-/m1/s1. The lowest BCUT2D eigenvalue weighted by Gasteiger charge is -2.21. The summed E-state index contributed by atoms with van der Waals surface area (Å²) in [5.41, 5.74) is 0. The summed E-state index contributed by atoms with van der Waals surface area (Å²) >= 11 is 0. The van der Waals surface area contributed by atoms with Gasteiger partial charge in [0.25, 0.3) is 0 Å². The molecule has 0 spiro atoms.